The molecule has 1 aliphatic carbocycles. The zero-order chi connectivity index (χ0) is 17.6. The Hall–Kier alpha value is -2.69. The molecule has 25 heavy (non-hydrogen) atoms. The van der Waals surface area contributed by atoms with Crippen molar-refractivity contribution in [3.8, 4) is 0 Å². The Morgan fingerprint density at radius 3 is 2.60 bits per heavy atom. The van der Waals surface area contributed by atoms with Crippen LogP contribution in [0.3, 0.4) is 0 Å². The highest BCUT2D eigenvalue weighted by molar-refractivity contribution is 5.93. The van der Waals surface area contributed by atoms with Gasteiger partial charge in [0.15, 0.2) is 6.61 Å². The second-order valence-electron chi connectivity index (χ2n) is 6.18. The summed E-state index contributed by atoms with van der Waals surface area (Å²) < 4.78 is 18.4. The quantitative estimate of drug-likeness (QED) is 0.848. The lowest BCUT2D eigenvalue weighted by Gasteiger charge is -2.16. The molecule has 0 unspecified atom stereocenters. The van der Waals surface area contributed by atoms with Crippen LogP contribution in [0.25, 0.3) is 0 Å². The predicted molar refractivity (Wildman–Crippen MR) is 92.8 cm³/mol. The molecule has 1 N–H and O–H groups in total. The largest absolute Gasteiger partial charge is 0.455 e. The molecular weight excluding hydrogens is 321 g/mol. The molecule has 3 rings (SSSR count). The van der Waals surface area contributed by atoms with Crippen LogP contribution in [0, 0.1) is 5.82 Å². The standard InChI is InChI=1S/C20H20FNO3/c21-17-7-3-4-8-18(17)22-19(23)13-25-20(24)12-14-9-10-15-5-1-2-6-16(15)11-14/h3-4,7-11H,1-2,5-6,12-13H2,(H,22,23). The molecule has 0 radical (unpaired) electrons. The summed E-state index contributed by atoms with van der Waals surface area (Å²) in [7, 11) is 0. The maximum atomic E-state index is 13.5. The molecule has 0 saturated carbocycles. The summed E-state index contributed by atoms with van der Waals surface area (Å²) in [6.07, 6.45) is 4.66. The summed E-state index contributed by atoms with van der Waals surface area (Å²) in [6.45, 7) is -0.432. The molecule has 0 bridgehead atoms. The fraction of sp³-hybridized carbons (Fsp3) is 0.300. The minimum Gasteiger partial charge on any atom is -0.455 e. The minimum absolute atomic E-state index is 0.0678. The Balaban J connectivity index is 1.49. The third-order valence-electron chi connectivity index (χ3n) is 4.27. The van der Waals surface area contributed by atoms with Gasteiger partial charge in [-0.1, -0.05) is 30.3 Å². The number of halogens is 1. The first-order valence-corrected chi connectivity index (χ1v) is 8.42. The number of carbonyl (C=O) groups excluding carboxylic acids is 2. The number of amides is 1. The summed E-state index contributed by atoms with van der Waals surface area (Å²) in [5, 5.41) is 2.38. The molecule has 0 saturated heterocycles. The third-order valence-corrected chi connectivity index (χ3v) is 4.27. The van der Waals surface area contributed by atoms with Gasteiger partial charge in [0.25, 0.3) is 5.91 Å². The highest BCUT2D eigenvalue weighted by Crippen LogP contribution is 2.22. The highest BCUT2D eigenvalue weighted by Gasteiger charge is 2.13. The number of aryl methyl sites for hydroxylation is 2. The second kappa shape index (κ2) is 7.92. The molecule has 0 spiro atoms. The fourth-order valence-corrected chi connectivity index (χ4v) is 3.01. The number of ether oxygens (including phenoxy) is 1. The van der Waals surface area contributed by atoms with E-state index >= 15 is 0 Å². The average Bonchev–Trinajstić information content (AvgIpc) is 2.62. The van der Waals surface area contributed by atoms with Gasteiger partial charge in [0, 0.05) is 0 Å². The molecule has 0 aliphatic heterocycles. The van der Waals surface area contributed by atoms with Crippen molar-refractivity contribution in [1.82, 2.24) is 0 Å². The lowest BCUT2D eigenvalue weighted by atomic mass is 9.90. The number of rotatable bonds is 5. The number of anilines is 1. The van der Waals surface area contributed by atoms with E-state index in [2.05, 4.69) is 17.4 Å². The Bertz CT molecular complexity index is 788. The summed E-state index contributed by atoms with van der Waals surface area (Å²) >= 11 is 0. The van der Waals surface area contributed by atoms with E-state index in [1.807, 2.05) is 6.07 Å². The summed E-state index contributed by atoms with van der Waals surface area (Å²) in [5.41, 5.74) is 3.61. The van der Waals surface area contributed by atoms with Crippen LogP contribution in [0.15, 0.2) is 42.5 Å². The topological polar surface area (TPSA) is 55.4 Å². The van der Waals surface area contributed by atoms with Gasteiger partial charge in [-0.25, -0.2) is 4.39 Å². The maximum absolute atomic E-state index is 13.5. The van der Waals surface area contributed by atoms with Gasteiger partial charge in [0.05, 0.1) is 12.1 Å². The highest BCUT2D eigenvalue weighted by atomic mass is 19.1. The zero-order valence-electron chi connectivity index (χ0n) is 13.9. The van der Waals surface area contributed by atoms with Gasteiger partial charge in [-0.3, -0.25) is 9.59 Å². The predicted octanol–water partition coefficient (Wildman–Crippen LogP) is 3.43. The number of hydrogen-bond acceptors (Lipinski definition) is 3. The second-order valence-corrected chi connectivity index (χ2v) is 6.18. The summed E-state index contributed by atoms with van der Waals surface area (Å²) in [6, 6.07) is 11.9. The molecule has 0 heterocycles. The van der Waals surface area contributed by atoms with E-state index < -0.39 is 24.3 Å². The smallest absolute Gasteiger partial charge is 0.310 e. The van der Waals surface area contributed by atoms with Crippen molar-refractivity contribution in [1.29, 1.82) is 0 Å². The molecule has 2 aromatic carbocycles. The van der Waals surface area contributed by atoms with Crippen LogP contribution < -0.4 is 5.32 Å². The molecule has 0 fully saturated rings. The van der Waals surface area contributed by atoms with Gasteiger partial charge in [0.2, 0.25) is 0 Å². The number of benzene rings is 2. The van der Waals surface area contributed by atoms with E-state index in [0.717, 1.165) is 18.4 Å². The average molecular weight is 341 g/mol. The van der Waals surface area contributed by atoms with Gasteiger partial charge >= 0.3 is 5.97 Å². The maximum Gasteiger partial charge on any atom is 0.310 e. The number of hydrogen-bond donors (Lipinski definition) is 1. The van der Waals surface area contributed by atoms with Crippen LogP contribution in [0.2, 0.25) is 0 Å². The molecule has 1 aliphatic rings. The number of esters is 1. The zero-order valence-corrected chi connectivity index (χ0v) is 13.9. The van der Waals surface area contributed by atoms with E-state index in [1.54, 1.807) is 6.07 Å². The van der Waals surface area contributed by atoms with Crippen molar-refractivity contribution in [2.24, 2.45) is 0 Å². The molecule has 5 heteroatoms. The Morgan fingerprint density at radius 2 is 1.80 bits per heavy atom. The van der Waals surface area contributed by atoms with Crippen molar-refractivity contribution in [3.63, 3.8) is 0 Å². The lowest BCUT2D eigenvalue weighted by Crippen LogP contribution is -2.22. The molecule has 1 amide bonds. The van der Waals surface area contributed by atoms with E-state index in [-0.39, 0.29) is 12.1 Å². The van der Waals surface area contributed by atoms with E-state index in [1.165, 1.54) is 42.2 Å². The SMILES string of the molecule is O=C(COC(=O)Cc1ccc2c(c1)CCCC2)Nc1ccccc1F. The van der Waals surface area contributed by atoms with E-state index in [0.29, 0.717) is 0 Å². The van der Waals surface area contributed by atoms with Gasteiger partial charge < -0.3 is 10.1 Å². The molecule has 4 nitrogen and oxygen atoms in total. The van der Waals surface area contributed by atoms with Crippen LogP contribution in [-0.2, 0) is 33.6 Å². The normalized spacial score (nSPS) is 13.0. The molecular formula is C20H20FNO3. The van der Waals surface area contributed by atoms with E-state index in [4.69, 9.17) is 4.74 Å². The van der Waals surface area contributed by atoms with Gasteiger partial charge in [-0.2, -0.15) is 0 Å². The molecule has 0 atom stereocenters. The van der Waals surface area contributed by atoms with Gasteiger partial charge in [0.1, 0.15) is 5.82 Å². The van der Waals surface area contributed by atoms with Crippen LogP contribution in [0.1, 0.15) is 29.5 Å². The number of para-hydroxylation sites is 1. The monoisotopic (exact) mass is 341 g/mol. The van der Waals surface area contributed by atoms with E-state index in [9.17, 15) is 14.0 Å². The van der Waals surface area contributed by atoms with Crippen LogP contribution >= 0.6 is 0 Å². The van der Waals surface area contributed by atoms with Crippen molar-refractivity contribution in [2.75, 3.05) is 11.9 Å². The summed E-state index contributed by atoms with van der Waals surface area (Å²) in [5.74, 6) is -1.57. The van der Waals surface area contributed by atoms with Crippen molar-refractivity contribution < 1.29 is 18.7 Å². The fourth-order valence-electron chi connectivity index (χ4n) is 3.01. The molecule has 2 aromatic rings. The Morgan fingerprint density at radius 1 is 1.04 bits per heavy atom. The number of fused-ring (bicyclic) bond motifs is 1. The van der Waals surface area contributed by atoms with Crippen molar-refractivity contribution in [2.45, 2.75) is 32.1 Å². The van der Waals surface area contributed by atoms with Gasteiger partial charge in [-0.15, -0.1) is 0 Å². The van der Waals surface area contributed by atoms with Crippen LogP contribution in [0.4, 0.5) is 10.1 Å². The van der Waals surface area contributed by atoms with Crippen LogP contribution in [-0.4, -0.2) is 18.5 Å². The third kappa shape index (κ3) is 4.66. The van der Waals surface area contributed by atoms with Gasteiger partial charge in [-0.05, 0) is 54.5 Å². The first-order chi connectivity index (χ1) is 12.1. The van der Waals surface area contributed by atoms with Crippen molar-refractivity contribution in [3.05, 3.63) is 65.0 Å². The Labute approximate surface area is 146 Å². The molecule has 0 aromatic heterocycles. The Kier molecular flexibility index (Phi) is 5.43. The first kappa shape index (κ1) is 17.1. The lowest BCUT2D eigenvalue weighted by molar-refractivity contribution is -0.146. The number of carbonyl (C=O) groups is 2. The minimum atomic E-state index is -0.566. The number of nitrogens with one attached hydrogen (secondary N) is 1. The van der Waals surface area contributed by atoms with Crippen molar-refractivity contribution >= 4 is 17.6 Å². The molecule has 130 valence electrons. The van der Waals surface area contributed by atoms with Crippen LogP contribution in [0.5, 0.6) is 0 Å². The summed E-state index contributed by atoms with van der Waals surface area (Å²) in [4.78, 5) is 23.7. The first-order valence-electron chi connectivity index (χ1n) is 8.42.